The fourth-order valence-corrected chi connectivity index (χ4v) is 9.60. The van der Waals surface area contributed by atoms with E-state index < -0.39 is 21.0 Å². The summed E-state index contributed by atoms with van der Waals surface area (Å²) < 4.78 is 39.0. The molecule has 2 aromatic rings. The number of carbonyl (C=O) groups excluding carboxylic acids is 1. The van der Waals surface area contributed by atoms with E-state index in [2.05, 4.69) is 10.5 Å². The van der Waals surface area contributed by atoms with Gasteiger partial charge in [-0.1, -0.05) is 49.6 Å². The molecule has 8 heteroatoms. The van der Waals surface area contributed by atoms with Crippen LogP contribution >= 0.6 is 0 Å². The van der Waals surface area contributed by atoms with Gasteiger partial charge in [-0.2, -0.15) is 0 Å². The van der Waals surface area contributed by atoms with Gasteiger partial charge in [0.1, 0.15) is 6.61 Å². The van der Waals surface area contributed by atoms with Crippen molar-refractivity contribution in [1.29, 1.82) is 0 Å². The molecule has 1 amide bonds. The lowest BCUT2D eigenvalue weighted by atomic mass is 9.53. The van der Waals surface area contributed by atoms with Crippen LogP contribution in [-0.2, 0) is 16.4 Å². The van der Waals surface area contributed by atoms with Gasteiger partial charge in [-0.25, -0.2) is 8.42 Å². The van der Waals surface area contributed by atoms with E-state index in [1.54, 1.807) is 0 Å². The topological polar surface area (TPSA) is 98.5 Å². The first-order valence-electron chi connectivity index (χ1n) is 13.1. The molecule has 1 aromatic carbocycles. The minimum absolute atomic E-state index is 0.102. The van der Waals surface area contributed by atoms with Gasteiger partial charge in [0.2, 0.25) is 5.76 Å². The summed E-state index contributed by atoms with van der Waals surface area (Å²) in [6.45, 7) is 0.149. The Kier molecular flexibility index (Phi) is 5.90. The minimum atomic E-state index is -3.84. The number of sulfone groups is 1. The molecule has 1 heterocycles. The van der Waals surface area contributed by atoms with Crippen molar-refractivity contribution >= 4 is 15.7 Å². The van der Waals surface area contributed by atoms with Gasteiger partial charge in [0, 0.05) is 5.54 Å². The highest BCUT2D eigenvalue weighted by Gasteiger charge is 2.52. The van der Waals surface area contributed by atoms with Gasteiger partial charge < -0.3 is 14.6 Å². The second-order valence-corrected chi connectivity index (χ2v) is 13.5. The van der Waals surface area contributed by atoms with Crippen LogP contribution in [0.5, 0.6) is 5.88 Å². The minimum Gasteiger partial charge on any atom is -0.470 e. The number of rotatable bonds is 7. The molecule has 5 fully saturated rings. The Labute approximate surface area is 206 Å². The lowest BCUT2D eigenvalue weighted by Crippen LogP contribution is -2.59. The molecule has 1 N–H and O–H groups in total. The zero-order valence-corrected chi connectivity index (χ0v) is 20.9. The highest BCUT2D eigenvalue weighted by molar-refractivity contribution is 7.92. The lowest BCUT2D eigenvalue weighted by Gasteiger charge is -2.56. The van der Waals surface area contributed by atoms with E-state index in [0.29, 0.717) is 30.6 Å². The molecular weight excluding hydrogens is 464 g/mol. The van der Waals surface area contributed by atoms with Crippen molar-refractivity contribution in [3.63, 3.8) is 0 Å². The quantitative estimate of drug-likeness (QED) is 0.573. The molecular formula is C27H34N2O5S. The molecule has 5 saturated carbocycles. The van der Waals surface area contributed by atoms with E-state index in [-0.39, 0.29) is 28.7 Å². The van der Waals surface area contributed by atoms with E-state index in [1.807, 2.05) is 30.3 Å². The number of ether oxygens (including phenoxy) is 1. The van der Waals surface area contributed by atoms with Crippen molar-refractivity contribution in [3.05, 3.63) is 41.7 Å². The van der Waals surface area contributed by atoms with Crippen LogP contribution in [0.25, 0.3) is 0 Å². The summed E-state index contributed by atoms with van der Waals surface area (Å²) in [6, 6.07) is 9.49. The summed E-state index contributed by atoms with van der Waals surface area (Å²) in [5, 5.41) is 6.68. The van der Waals surface area contributed by atoms with E-state index in [1.165, 1.54) is 19.3 Å². The van der Waals surface area contributed by atoms with Crippen LogP contribution in [0.15, 0.2) is 39.8 Å². The molecule has 5 aliphatic rings. The Hall–Kier alpha value is -2.35. The number of amides is 1. The van der Waals surface area contributed by atoms with Crippen LogP contribution in [0.2, 0.25) is 0 Å². The van der Waals surface area contributed by atoms with Gasteiger partial charge in [0.05, 0.1) is 5.25 Å². The largest absolute Gasteiger partial charge is 0.470 e. The van der Waals surface area contributed by atoms with Crippen molar-refractivity contribution in [2.45, 2.75) is 92.9 Å². The normalized spacial score (nSPS) is 30.3. The molecule has 35 heavy (non-hydrogen) atoms. The average Bonchev–Trinajstić information content (AvgIpc) is 3.28. The zero-order valence-electron chi connectivity index (χ0n) is 20.1. The summed E-state index contributed by atoms with van der Waals surface area (Å²) >= 11 is 0. The molecule has 0 saturated heterocycles. The molecule has 5 aliphatic carbocycles. The third kappa shape index (κ3) is 4.39. The van der Waals surface area contributed by atoms with Crippen LogP contribution in [0.1, 0.15) is 86.7 Å². The van der Waals surface area contributed by atoms with Gasteiger partial charge in [-0.3, -0.25) is 4.79 Å². The Balaban J connectivity index is 1.30. The molecule has 7 nitrogen and oxygen atoms in total. The van der Waals surface area contributed by atoms with Crippen molar-refractivity contribution < 1.29 is 22.5 Å². The number of hydrogen-bond donors (Lipinski definition) is 1. The smallest absolute Gasteiger partial charge is 0.291 e. The van der Waals surface area contributed by atoms with Crippen molar-refractivity contribution in [1.82, 2.24) is 10.5 Å². The first kappa shape index (κ1) is 23.1. The van der Waals surface area contributed by atoms with Crippen LogP contribution in [0, 0.1) is 17.8 Å². The average molecular weight is 499 g/mol. The van der Waals surface area contributed by atoms with Crippen LogP contribution in [-0.4, -0.2) is 30.3 Å². The van der Waals surface area contributed by atoms with Crippen LogP contribution in [0.3, 0.4) is 0 Å². The van der Waals surface area contributed by atoms with Crippen molar-refractivity contribution in [3.8, 4) is 5.88 Å². The molecule has 0 spiro atoms. The van der Waals surface area contributed by atoms with Gasteiger partial charge in [-0.15, -0.1) is 0 Å². The molecule has 0 radical (unpaired) electrons. The molecule has 188 valence electrons. The Bertz CT molecular complexity index is 1150. The summed E-state index contributed by atoms with van der Waals surface area (Å²) in [5.41, 5.74) is 0.631. The summed E-state index contributed by atoms with van der Waals surface area (Å²) in [7, 11) is -3.84. The first-order valence-corrected chi connectivity index (χ1v) is 14.7. The number of benzene rings is 1. The van der Waals surface area contributed by atoms with Crippen molar-refractivity contribution in [2.24, 2.45) is 17.8 Å². The monoisotopic (exact) mass is 498 g/mol. The van der Waals surface area contributed by atoms with E-state index in [9.17, 15) is 13.2 Å². The Morgan fingerprint density at radius 1 is 1.00 bits per heavy atom. The number of hydrogen-bond acceptors (Lipinski definition) is 6. The SMILES string of the molecule is O=C(NC12CC3CC(CC(C3)C1)C2)c1onc(OCc2ccccc2)c1S(=O)(=O)C1CCCCC1. The third-order valence-corrected chi connectivity index (χ3v) is 11.0. The lowest BCUT2D eigenvalue weighted by molar-refractivity contribution is -0.0173. The zero-order chi connectivity index (χ0) is 24.0. The molecule has 7 rings (SSSR count). The highest BCUT2D eigenvalue weighted by Crippen LogP contribution is 2.55. The Morgan fingerprint density at radius 2 is 1.63 bits per heavy atom. The standard InChI is InChI=1S/C27H34N2O5S/c30-25(28-27-14-19-11-20(15-27)13-21(12-19)16-27)23-24(35(31,32)22-9-5-2-6-10-22)26(29-34-23)33-17-18-7-3-1-4-8-18/h1,3-4,7-8,19-22H,2,5-6,9-17H2,(H,28,30). The summed E-state index contributed by atoms with van der Waals surface area (Å²) in [4.78, 5) is 13.4. The van der Waals surface area contributed by atoms with Crippen LogP contribution < -0.4 is 10.1 Å². The van der Waals surface area contributed by atoms with E-state index >= 15 is 0 Å². The molecule has 1 aromatic heterocycles. The molecule has 0 atom stereocenters. The molecule has 4 bridgehead atoms. The maximum atomic E-state index is 13.8. The predicted octanol–water partition coefficient (Wildman–Crippen LogP) is 5.06. The first-order chi connectivity index (χ1) is 16.9. The van der Waals surface area contributed by atoms with Gasteiger partial charge in [0.15, 0.2) is 14.7 Å². The Morgan fingerprint density at radius 3 is 2.26 bits per heavy atom. The second kappa shape index (κ2) is 8.95. The highest BCUT2D eigenvalue weighted by atomic mass is 32.2. The summed E-state index contributed by atoms with van der Waals surface area (Å²) in [6.07, 6.45) is 10.6. The maximum absolute atomic E-state index is 13.8. The maximum Gasteiger partial charge on any atom is 0.291 e. The fraction of sp³-hybridized carbons (Fsp3) is 0.630. The van der Waals surface area contributed by atoms with Crippen LogP contribution in [0.4, 0.5) is 0 Å². The second-order valence-electron chi connectivity index (χ2n) is 11.4. The third-order valence-electron chi connectivity index (χ3n) is 8.74. The van der Waals surface area contributed by atoms with Gasteiger partial charge >= 0.3 is 0 Å². The van der Waals surface area contributed by atoms with E-state index in [0.717, 1.165) is 44.1 Å². The fourth-order valence-electron chi connectivity index (χ4n) is 7.58. The number of aromatic nitrogens is 1. The number of nitrogens with zero attached hydrogens (tertiary/aromatic N) is 1. The molecule has 0 unspecified atom stereocenters. The number of carbonyl (C=O) groups is 1. The summed E-state index contributed by atoms with van der Waals surface area (Å²) in [5.74, 6) is 1.19. The molecule has 0 aliphatic heterocycles. The van der Waals surface area contributed by atoms with Gasteiger partial charge in [0.25, 0.3) is 11.8 Å². The number of nitrogens with one attached hydrogen (secondary N) is 1. The van der Waals surface area contributed by atoms with Crippen molar-refractivity contribution in [2.75, 3.05) is 0 Å². The predicted molar refractivity (Wildman–Crippen MR) is 130 cm³/mol. The van der Waals surface area contributed by atoms with E-state index in [4.69, 9.17) is 9.26 Å². The van der Waals surface area contributed by atoms with Gasteiger partial charge in [-0.05, 0) is 79.8 Å².